The van der Waals surface area contributed by atoms with E-state index in [9.17, 15) is 18.4 Å². The van der Waals surface area contributed by atoms with Crippen molar-refractivity contribution in [2.45, 2.75) is 18.9 Å². The molecule has 0 aliphatic heterocycles. The summed E-state index contributed by atoms with van der Waals surface area (Å²) in [6.45, 7) is 0.768. The van der Waals surface area contributed by atoms with Gasteiger partial charge in [0, 0.05) is 13.7 Å². The molecule has 0 aromatic heterocycles. The first-order valence-electron chi connectivity index (χ1n) is 6.39. The molecule has 5 nitrogen and oxygen atoms in total. The van der Waals surface area contributed by atoms with Gasteiger partial charge < -0.3 is 15.2 Å². The predicted molar refractivity (Wildman–Crippen MR) is 71.2 cm³/mol. The van der Waals surface area contributed by atoms with E-state index in [1.54, 1.807) is 0 Å². The molecule has 0 fully saturated rings. The van der Waals surface area contributed by atoms with E-state index >= 15 is 0 Å². The van der Waals surface area contributed by atoms with E-state index in [1.807, 2.05) is 0 Å². The minimum Gasteiger partial charge on any atom is -0.481 e. The first kappa shape index (κ1) is 17.2. The fourth-order valence-corrected chi connectivity index (χ4v) is 1.80. The highest BCUT2D eigenvalue weighted by molar-refractivity contribution is 6.01. The molecular weight excluding hydrogens is 284 g/mol. The highest BCUT2D eigenvalue weighted by Gasteiger charge is 2.25. The van der Waals surface area contributed by atoms with Crippen molar-refractivity contribution in [1.29, 1.82) is 0 Å². The van der Waals surface area contributed by atoms with Crippen LogP contribution in [0.25, 0.3) is 0 Å². The number of methoxy groups -OCH3 is 1. The molecule has 1 atom stereocenters. The number of hydrogen-bond acceptors (Lipinski definition) is 4. The molecule has 0 radical (unpaired) electrons. The predicted octanol–water partition coefficient (Wildman–Crippen LogP) is 1.62. The number of carbonyl (C=O) groups excluding carboxylic acids is 1. The maximum Gasteiger partial charge on any atom is 0.305 e. The van der Waals surface area contributed by atoms with Crippen LogP contribution in [0.1, 0.15) is 23.2 Å². The van der Waals surface area contributed by atoms with Crippen molar-refractivity contribution in [3.05, 3.63) is 35.4 Å². The molecule has 0 spiro atoms. The van der Waals surface area contributed by atoms with Gasteiger partial charge in [0.05, 0.1) is 18.0 Å². The molecule has 0 saturated heterocycles. The van der Waals surface area contributed by atoms with Crippen molar-refractivity contribution in [1.82, 2.24) is 5.32 Å². The number of carboxylic acid groups (broad SMARTS) is 1. The van der Waals surface area contributed by atoms with Crippen LogP contribution >= 0.6 is 0 Å². The Hall–Kier alpha value is -1.86. The van der Waals surface area contributed by atoms with Crippen molar-refractivity contribution >= 4 is 11.8 Å². The SMILES string of the molecule is COCCCNC(CC(=O)O)C(=O)c1cc(F)ccc1F. The summed E-state index contributed by atoms with van der Waals surface area (Å²) in [7, 11) is 1.52. The second-order valence-electron chi connectivity index (χ2n) is 4.44. The highest BCUT2D eigenvalue weighted by Crippen LogP contribution is 2.13. The van der Waals surface area contributed by atoms with Crippen LogP contribution in [0.5, 0.6) is 0 Å². The number of ketones is 1. The second-order valence-corrected chi connectivity index (χ2v) is 4.44. The van der Waals surface area contributed by atoms with Gasteiger partial charge >= 0.3 is 5.97 Å². The molecule has 0 amide bonds. The standard InChI is InChI=1S/C14H17F2NO4/c1-21-6-2-5-17-12(8-13(18)19)14(20)10-7-9(15)3-4-11(10)16/h3-4,7,12,17H,2,5-6,8H2,1H3,(H,18,19). The van der Waals surface area contributed by atoms with Crippen LogP contribution in [0, 0.1) is 11.6 Å². The van der Waals surface area contributed by atoms with Crippen LogP contribution in [0.15, 0.2) is 18.2 Å². The number of hydrogen-bond donors (Lipinski definition) is 2. The Morgan fingerprint density at radius 3 is 2.71 bits per heavy atom. The van der Waals surface area contributed by atoms with Crippen LogP contribution < -0.4 is 5.32 Å². The van der Waals surface area contributed by atoms with Crippen LogP contribution in [0.4, 0.5) is 8.78 Å². The van der Waals surface area contributed by atoms with E-state index in [0.29, 0.717) is 19.6 Å². The molecule has 2 N–H and O–H groups in total. The van der Waals surface area contributed by atoms with Gasteiger partial charge in [-0.3, -0.25) is 9.59 Å². The average Bonchev–Trinajstić information content (AvgIpc) is 2.43. The number of carbonyl (C=O) groups is 2. The minimum absolute atomic E-state index is 0.328. The Morgan fingerprint density at radius 2 is 2.10 bits per heavy atom. The number of carboxylic acids is 1. The minimum atomic E-state index is -1.20. The topological polar surface area (TPSA) is 75.6 Å². The summed E-state index contributed by atoms with van der Waals surface area (Å²) in [6, 6.07) is 1.38. The number of Topliss-reactive ketones (excluding diaryl/α,β-unsaturated/α-hetero) is 1. The van der Waals surface area contributed by atoms with Crippen molar-refractivity contribution in [2.75, 3.05) is 20.3 Å². The van der Waals surface area contributed by atoms with Gasteiger partial charge in [-0.2, -0.15) is 0 Å². The zero-order valence-electron chi connectivity index (χ0n) is 11.6. The van der Waals surface area contributed by atoms with Crippen LogP contribution in [-0.2, 0) is 9.53 Å². The Labute approximate surface area is 120 Å². The number of halogens is 2. The van der Waals surface area contributed by atoms with Gasteiger partial charge in [-0.15, -0.1) is 0 Å². The molecular formula is C14H17F2NO4. The van der Waals surface area contributed by atoms with Gasteiger partial charge in [0.1, 0.15) is 11.6 Å². The lowest BCUT2D eigenvalue weighted by Gasteiger charge is -2.16. The van der Waals surface area contributed by atoms with E-state index in [1.165, 1.54) is 7.11 Å². The summed E-state index contributed by atoms with van der Waals surface area (Å²) < 4.78 is 31.5. The van der Waals surface area contributed by atoms with Gasteiger partial charge in [-0.1, -0.05) is 0 Å². The molecule has 0 heterocycles. The van der Waals surface area contributed by atoms with Crippen molar-refractivity contribution in [3.8, 4) is 0 Å². The number of ether oxygens (including phenoxy) is 1. The maximum atomic E-state index is 13.6. The summed E-state index contributed by atoms with van der Waals surface area (Å²) in [4.78, 5) is 23.0. The van der Waals surface area contributed by atoms with Crippen LogP contribution in [0.2, 0.25) is 0 Å². The van der Waals surface area contributed by atoms with Crippen LogP contribution in [0.3, 0.4) is 0 Å². The maximum absolute atomic E-state index is 13.6. The summed E-state index contributed by atoms with van der Waals surface area (Å²) >= 11 is 0. The molecule has 1 rings (SSSR count). The van der Waals surface area contributed by atoms with E-state index in [2.05, 4.69) is 5.32 Å². The zero-order chi connectivity index (χ0) is 15.8. The average molecular weight is 301 g/mol. The highest BCUT2D eigenvalue weighted by atomic mass is 19.1. The zero-order valence-corrected chi connectivity index (χ0v) is 11.6. The molecule has 0 aliphatic carbocycles. The summed E-state index contributed by atoms with van der Waals surface area (Å²) in [6.07, 6.45) is 0.0489. The monoisotopic (exact) mass is 301 g/mol. The smallest absolute Gasteiger partial charge is 0.305 e. The van der Waals surface area contributed by atoms with E-state index in [4.69, 9.17) is 9.84 Å². The first-order valence-corrected chi connectivity index (χ1v) is 6.39. The fourth-order valence-electron chi connectivity index (χ4n) is 1.80. The summed E-state index contributed by atoms with van der Waals surface area (Å²) in [5, 5.41) is 11.6. The first-order chi connectivity index (χ1) is 9.95. The third-order valence-corrected chi connectivity index (χ3v) is 2.81. The Kier molecular flexibility index (Phi) is 6.90. The Morgan fingerprint density at radius 1 is 1.38 bits per heavy atom. The third-order valence-electron chi connectivity index (χ3n) is 2.81. The fraction of sp³-hybridized carbons (Fsp3) is 0.429. The molecule has 1 unspecified atom stereocenters. The second kappa shape index (κ2) is 8.43. The molecule has 0 aliphatic rings. The number of benzene rings is 1. The number of nitrogens with one attached hydrogen (secondary N) is 1. The van der Waals surface area contributed by atoms with Gasteiger partial charge in [0.15, 0.2) is 5.78 Å². The third kappa shape index (κ3) is 5.57. The Bertz CT molecular complexity index is 508. The molecule has 0 saturated carbocycles. The molecule has 116 valence electrons. The number of aliphatic carboxylic acids is 1. The molecule has 1 aromatic carbocycles. The lowest BCUT2D eigenvalue weighted by molar-refractivity contribution is -0.137. The van der Waals surface area contributed by atoms with E-state index < -0.39 is 41.4 Å². The van der Waals surface area contributed by atoms with Gasteiger partial charge in [0.25, 0.3) is 0 Å². The quantitative estimate of drug-likeness (QED) is 0.535. The van der Waals surface area contributed by atoms with Crippen molar-refractivity contribution in [3.63, 3.8) is 0 Å². The van der Waals surface area contributed by atoms with Gasteiger partial charge in [-0.25, -0.2) is 8.78 Å². The lowest BCUT2D eigenvalue weighted by Crippen LogP contribution is -2.39. The van der Waals surface area contributed by atoms with Gasteiger partial charge in [-0.05, 0) is 31.2 Å². The van der Waals surface area contributed by atoms with Crippen molar-refractivity contribution in [2.24, 2.45) is 0 Å². The normalized spacial score (nSPS) is 12.1. The summed E-state index contributed by atoms with van der Waals surface area (Å²) in [5.74, 6) is -3.63. The van der Waals surface area contributed by atoms with E-state index in [0.717, 1.165) is 18.2 Å². The molecule has 21 heavy (non-hydrogen) atoms. The summed E-state index contributed by atoms with van der Waals surface area (Å²) in [5.41, 5.74) is -0.458. The molecule has 1 aromatic rings. The number of rotatable bonds is 9. The Balaban J connectivity index is 2.83. The molecule has 0 bridgehead atoms. The van der Waals surface area contributed by atoms with Crippen LogP contribution in [-0.4, -0.2) is 43.2 Å². The van der Waals surface area contributed by atoms with Crippen molar-refractivity contribution < 1.29 is 28.2 Å². The lowest BCUT2D eigenvalue weighted by atomic mass is 10.0. The van der Waals surface area contributed by atoms with Gasteiger partial charge in [0.2, 0.25) is 0 Å². The largest absolute Gasteiger partial charge is 0.481 e. The van der Waals surface area contributed by atoms with E-state index in [-0.39, 0.29) is 0 Å². The molecule has 7 heteroatoms.